The van der Waals surface area contributed by atoms with Crippen molar-refractivity contribution in [1.82, 2.24) is 5.32 Å². The minimum absolute atomic E-state index is 0.705. The van der Waals surface area contributed by atoms with E-state index in [4.69, 9.17) is 0 Å². The highest BCUT2D eigenvalue weighted by Crippen LogP contribution is 2.29. The first kappa shape index (κ1) is 14.1. The van der Waals surface area contributed by atoms with Crippen molar-refractivity contribution in [2.24, 2.45) is 5.92 Å². The molecule has 2 unspecified atom stereocenters. The summed E-state index contributed by atoms with van der Waals surface area (Å²) in [6.45, 7) is 2.36. The highest BCUT2D eigenvalue weighted by atomic mass is 15.0. The van der Waals surface area contributed by atoms with E-state index in [1.165, 1.54) is 57.8 Å². The van der Waals surface area contributed by atoms with Gasteiger partial charge in [-0.3, -0.25) is 0 Å². The van der Waals surface area contributed by atoms with Crippen LogP contribution in [0.1, 0.15) is 63.0 Å². The number of nitrogens with one attached hydrogen (secondary N) is 1. The number of hydrogen-bond acceptors (Lipinski definition) is 1. The van der Waals surface area contributed by atoms with E-state index in [1.54, 1.807) is 11.1 Å². The lowest BCUT2D eigenvalue weighted by Crippen LogP contribution is -2.45. The lowest BCUT2D eigenvalue weighted by molar-refractivity contribution is 0.239. The van der Waals surface area contributed by atoms with Crippen LogP contribution in [0.25, 0.3) is 0 Å². The largest absolute Gasteiger partial charge is 0.311 e. The van der Waals surface area contributed by atoms with Gasteiger partial charge < -0.3 is 5.32 Å². The average molecular weight is 271 g/mol. The van der Waals surface area contributed by atoms with Crippen LogP contribution in [0, 0.1) is 5.92 Å². The molecular formula is C19H29N. The van der Waals surface area contributed by atoms with Crippen LogP contribution < -0.4 is 5.32 Å². The molecule has 1 saturated carbocycles. The van der Waals surface area contributed by atoms with Crippen LogP contribution in [0.5, 0.6) is 0 Å². The second-order valence-electron chi connectivity index (χ2n) is 6.79. The quantitative estimate of drug-likeness (QED) is 0.850. The van der Waals surface area contributed by atoms with Gasteiger partial charge >= 0.3 is 0 Å². The average Bonchev–Trinajstić information content (AvgIpc) is 2.53. The van der Waals surface area contributed by atoms with Crippen molar-refractivity contribution < 1.29 is 0 Å². The normalized spacial score (nSPS) is 25.1. The van der Waals surface area contributed by atoms with Crippen molar-refractivity contribution >= 4 is 0 Å². The molecule has 1 N–H and O–H groups in total. The molecule has 2 atom stereocenters. The molecule has 20 heavy (non-hydrogen) atoms. The summed E-state index contributed by atoms with van der Waals surface area (Å²) in [4.78, 5) is 0. The molecule has 0 amide bonds. The highest BCUT2D eigenvalue weighted by Gasteiger charge is 2.26. The van der Waals surface area contributed by atoms with E-state index in [-0.39, 0.29) is 0 Å². The molecule has 0 aliphatic heterocycles. The predicted molar refractivity (Wildman–Crippen MR) is 86.0 cm³/mol. The minimum Gasteiger partial charge on any atom is -0.311 e. The second kappa shape index (κ2) is 6.76. The van der Waals surface area contributed by atoms with E-state index >= 15 is 0 Å². The first-order chi connectivity index (χ1) is 9.86. The summed E-state index contributed by atoms with van der Waals surface area (Å²) in [5.74, 6) is 0.936. The third kappa shape index (κ3) is 3.25. The van der Waals surface area contributed by atoms with Gasteiger partial charge in [0.15, 0.2) is 0 Å². The molecule has 0 aromatic heterocycles. The fourth-order valence-corrected chi connectivity index (χ4v) is 4.27. The molecule has 0 heterocycles. The summed E-state index contributed by atoms with van der Waals surface area (Å²) in [5.41, 5.74) is 3.16. The Hall–Kier alpha value is -0.820. The zero-order valence-corrected chi connectivity index (χ0v) is 12.9. The minimum atomic E-state index is 0.705. The van der Waals surface area contributed by atoms with Crippen LogP contribution in [-0.4, -0.2) is 12.1 Å². The zero-order valence-electron chi connectivity index (χ0n) is 12.9. The van der Waals surface area contributed by atoms with E-state index in [9.17, 15) is 0 Å². The fourth-order valence-electron chi connectivity index (χ4n) is 4.27. The molecule has 1 nitrogen and oxygen atoms in total. The Balaban J connectivity index is 1.60. The van der Waals surface area contributed by atoms with Crippen molar-refractivity contribution in [3.8, 4) is 0 Å². The SMILES string of the molecule is CCC(NC1CCc2ccccc2C1)C1CCCCC1. The van der Waals surface area contributed by atoms with E-state index < -0.39 is 0 Å². The predicted octanol–water partition coefficient (Wildman–Crippen LogP) is 4.49. The summed E-state index contributed by atoms with van der Waals surface area (Å²) in [5, 5.41) is 4.02. The van der Waals surface area contributed by atoms with Gasteiger partial charge in [0.2, 0.25) is 0 Å². The summed E-state index contributed by atoms with van der Waals surface area (Å²) < 4.78 is 0. The van der Waals surface area contributed by atoms with Crippen molar-refractivity contribution in [3.05, 3.63) is 35.4 Å². The van der Waals surface area contributed by atoms with Gasteiger partial charge in [0, 0.05) is 12.1 Å². The van der Waals surface area contributed by atoms with Gasteiger partial charge in [0.25, 0.3) is 0 Å². The van der Waals surface area contributed by atoms with E-state index in [0.29, 0.717) is 6.04 Å². The van der Waals surface area contributed by atoms with Crippen LogP contribution >= 0.6 is 0 Å². The molecule has 3 rings (SSSR count). The summed E-state index contributed by atoms with van der Waals surface area (Å²) in [7, 11) is 0. The lowest BCUT2D eigenvalue weighted by atomic mass is 9.81. The summed E-state index contributed by atoms with van der Waals surface area (Å²) >= 11 is 0. The van der Waals surface area contributed by atoms with Crippen molar-refractivity contribution in [3.63, 3.8) is 0 Å². The summed E-state index contributed by atoms with van der Waals surface area (Å²) in [6, 6.07) is 10.5. The Morgan fingerprint density at radius 3 is 2.55 bits per heavy atom. The molecule has 1 heteroatoms. The van der Waals surface area contributed by atoms with Crippen LogP contribution in [-0.2, 0) is 12.8 Å². The monoisotopic (exact) mass is 271 g/mol. The van der Waals surface area contributed by atoms with Gasteiger partial charge in [0.1, 0.15) is 0 Å². The van der Waals surface area contributed by atoms with Crippen LogP contribution in [0.2, 0.25) is 0 Å². The molecule has 0 radical (unpaired) electrons. The molecular weight excluding hydrogens is 242 g/mol. The molecule has 1 aromatic carbocycles. The van der Waals surface area contributed by atoms with Gasteiger partial charge in [-0.15, -0.1) is 0 Å². The van der Waals surface area contributed by atoms with Crippen LogP contribution in [0.15, 0.2) is 24.3 Å². The van der Waals surface area contributed by atoms with Crippen molar-refractivity contribution in [2.75, 3.05) is 0 Å². The first-order valence-corrected chi connectivity index (χ1v) is 8.69. The molecule has 2 aliphatic rings. The van der Waals surface area contributed by atoms with Crippen molar-refractivity contribution in [1.29, 1.82) is 0 Å². The van der Waals surface area contributed by atoms with Gasteiger partial charge in [0.05, 0.1) is 0 Å². The molecule has 2 aliphatic carbocycles. The highest BCUT2D eigenvalue weighted by molar-refractivity contribution is 5.30. The third-order valence-corrected chi connectivity index (χ3v) is 5.46. The topological polar surface area (TPSA) is 12.0 Å². The third-order valence-electron chi connectivity index (χ3n) is 5.46. The smallest absolute Gasteiger partial charge is 0.0113 e. The Morgan fingerprint density at radius 2 is 1.80 bits per heavy atom. The van der Waals surface area contributed by atoms with E-state index in [2.05, 4.69) is 36.5 Å². The maximum Gasteiger partial charge on any atom is 0.0113 e. The molecule has 110 valence electrons. The molecule has 0 spiro atoms. The first-order valence-electron chi connectivity index (χ1n) is 8.69. The maximum absolute atomic E-state index is 4.02. The summed E-state index contributed by atoms with van der Waals surface area (Å²) in [6.07, 6.45) is 12.4. The lowest BCUT2D eigenvalue weighted by Gasteiger charge is -2.35. The zero-order chi connectivity index (χ0) is 13.8. The van der Waals surface area contributed by atoms with Crippen LogP contribution in [0.4, 0.5) is 0 Å². The number of rotatable bonds is 4. The van der Waals surface area contributed by atoms with Gasteiger partial charge in [-0.1, -0.05) is 50.5 Å². The van der Waals surface area contributed by atoms with E-state index in [0.717, 1.165) is 12.0 Å². The van der Waals surface area contributed by atoms with Crippen molar-refractivity contribution in [2.45, 2.75) is 76.8 Å². The Bertz CT molecular complexity index is 420. The van der Waals surface area contributed by atoms with Gasteiger partial charge in [-0.05, 0) is 55.6 Å². The van der Waals surface area contributed by atoms with E-state index in [1.807, 2.05) is 0 Å². The maximum atomic E-state index is 4.02. The molecule has 0 bridgehead atoms. The molecule has 1 aromatic rings. The molecule has 1 fully saturated rings. The molecule has 0 saturated heterocycles. The van der Waals surface area contributed by atoms with Gasteiger partial charge in [-0.25, -0.2) is 0 Å². The van der Waals surface area contributed by atoms with Crippen LogP contribution in [0.3, 0.4) is 0 Å². The number of aryl methyl sites for hydroxylation is 1. The Labute approximate surface area is 124 Å². The van der Waals surface area contributed by atoms with Gasteiger partial charge in [-0.2, -0.15) is 0 Å². The number of benzene rings is 1. The Morgan fingerprint density at radius 1 is 1.05 bits per heavy atom. The fraction of sp³-hybridized carbons (Fsp3) is 0.684. The number of fused-ring (bicyclic) bond motifs is 1. The number of hydrogen-bond donors (Lipinski definition) is 1. The standard InChI is InChI=1S/C19H29N/c1-2-19(16-9-4-3-5-10-16)20-18-13-12-15-8-6-7-11-17(15)14-18/h6-8,11,16,18-20H,2-5,9-10,12-14H2,1H3. The Kier molecular flexibility index (Phi) is 4.77. The second-order valence-corrected chi connectivity index (χ2v) is 6.79.